The van der Waals surface area contributed by atoms with Crippen molar-refractivity contribution in [1.82, 2.24) is 0 Å². The molecule has 4 nitrogen and oxygen atoms in total. The van der Waals surface area contributed by atoms with E-state index < -0.39 is 0 Å². The van der Waals surface area contributed by atoms with Gasteiger partial charge in [0.2, 0.25) is 0 Å². The molecule has 0 heterocycles. The van der Waals surface area contributed by atoms with E-state index in [4.69, 9.17) is 9.47 Å². The number of carbonyl (C=O) groups excluding carboxylic acids is 2. The first-order valence-electron chi connectivity index (χ1n) is 18.6. The summed E-state index contributed by atoms with van der Waals surface area (Å²) in [5.74, 6) is -0.904. The lowest BCUT2D eigenvalue weighted by molar-refractivity contribution is -0.160. The maximum Gasteiger partial charge on any atom is 0.312 e. The fourth-order valence-corrected chi connectivity index (χ4v) is 5.84. The van der Waals surface area contributed by atoms with Crippen molar-refractivity contribution < 1.29 is 19.1 Å². The van der Waals surface area contributed by atoms with Crippen molar-refractivity contribution in [2.45, 2.75) is 200 Å². The minimum atomic E-state index is -0.375. The molecule has 43 heavy (non-hydrogen) atoms. The predicted octanol–water partition coefficient (Wildman–Crippen LogP) is 12.4. The Bertz CT molecular complexity index is 668. The summed E-state index contributed by atoms with van der Waals surface area (Å²) >= 11 is 0. The number of hydrogen-bond donors (Lipinski definition) is 0. The van der Waals surface area contributed by atoms with Gasteiger partial charge >= 0.3 is 11.9 Å². The molecule has 0 rings (SSSR count). The van der Waals surface area contributed by atoms with Gasteiger partial charge in [-0.3, -0.25) is 9.59 Å². The molecule has 0 spiro atoms. The van der Waals surface area contributed by atoms with Crippen LogP contribution in [0.5, 0.6) is 0 Å². The molecule has 4 heteroatoms. The highest BCUT2D eigenvalue weighted by molar-refractivity contribution is 5.74. The molecule has 0 fully saturated rings. The molecule has 0 amide bonds. The van der Waals surface area contributed by atoms with Crippen molar-refractivity contribution in [3.8, 4) is 0 Å². The molecular weight excluding hydrogens is 532 g/mol. The minimum absolute atomic E-state index is 0.239. The molecule has 2 atom stereocenters. The highest BCUT2D eigenvalue weighted by Crippen LogP contribution is 2.24. The molecule has 252 valence electrons. The van der Waals surface area contributed by atoms with Crippen LogP contribution < -0.4 is 0 Å². The summed E-state index contributed by atoms with van der Waals surface area (Å²) in [6.07, 6.45) is 41.7. The van der Waals surface area contributed by atoms with Crippen molar-refractivity contribution in [3.05, 3.63) is 24.3 Å². The summed E-state index contributed by atoms with van der Waals surface area (Å²) in [7, 11) is 1.44. The van der Waals surface area contributed by atoms with E-state index in [0.717, 1.165) is 44.9 Å². The Morgan fingerprint density at radius 2 is 0.860 bits per heavy atom. The highest BCUT2D eigenvalue weighted by Gasteiger charge is 2.30. The molecule has 0 unspecified atom stereocenters. The van der Waals surface area contributed by atoms with Crippen molar-refractivity contribution in [2.24, 2.45) is 5.92 Å². The average molecular weight is 605 g/mol. The normalized spacial score (nSPS) is 13.1. The fraction of sp³-hybridized carbons (Fsp3) is 0.846. The van der Waals surface area contributed by atoms with Crippen molar-refractivity contribution in [3.63, 3.8) is 0 Å². The molecule has 0 bridgehead atoms. The quantitative estimate of drug-likeness (QED) is 0.0435. The molecular formula is C39H72O4. The van der Waals surface area contributed by atoms with E-state index >= 15 is 0 Å². The zero-order chi connectivity index (χ0) is 31.6. The molecule has 0 N–H and O–H groups in total. The summed E-state index contributed by atoms with van der Waals surface area (Å²) in [6.45, 7) is 5.98. The van der Waals surface area contributed by atoms with Gasteiger partial charge in [0.25, 0.3) is 0 Å². The number of methoxy groups -OCH3 is 1. The molecule has 0 aliphatic rings. The second kappa shape index (κ2) is 33.3. The molecule has 0 radical (unpaired) electrons. The van der Waals surface area contributed by atoms with Gasteiger partial charge < -0.3 is 9.47 Å². The maximum atomic E-state index is 12.6. The van der Waals surface area contributed by atoms with Gasteiger partial charge in [-0.05, 0) is 70.6 Å². The van der Waals surface area contributed by atoms with Gasteiger partial charge in [-0.1, -0.05) is 141 Å². The minimum Gasteiger partial charge on any atom is -0.469 e. The maximum absolute atomic E-state index is 12.6. The van der Waals surface area contributed by atoms with E-state index in [2.05, 4.69) is 38.2 Å². The summed E-state index contributed by atoms with van der Waals surface area (Å²) in [4.78, 5) is 24.5. The lowest BCUT2D eigenvalue weighted by Gasteiger charge is -2.25. The van der Waals surface area contributed by atoms with Gasteiger partial charge in [-0.2, -0.15) is 0 Å². The lowest BCUT2D eigenvalue weighted by Crippen LogP contribution is -2.33. The zero-order valence-electron chi connectivity index (χ0n) is 29.2. The van der Waals surface area contributed by atoms with Gasteiger partial charge in [-0.25, -0.2) is 0 Å². The van der Waals surface area contributed by atoms with Crippen LogP contribution >= 0.6 is 0 Å². The Kier molecular flexibility index (Phi) is 32.1. The lowest BCUT2D eigenvalue weighted by atomic mass is 9.91. The van der Waals surface area contributed by atoms with E-state index in [-0.39, 0.29) is 24.0 Å². The zero-order valence-corrected chi connectivity index (χ0v) is 29.2. The number of unbranched alkanes of at least 4 members (excludes halogenated alkanes) is 21. The third kappa shape index (κ3) is 28.9. The van der Waals surface area contributed by atoms with E-state index in [9.17, 15) is 9.59 Å². The Morgan fingerprint density at radius 1 is 0.512 bits per heavy atom. The average Bonchev–Trinajstić information content (AvgIpc) is 3.00. The van der Waals surface area contributed by atoms with E-state index in [1.807, 2.05) is 0 Å². The standard InChI is InChI=1S/C39H72O4/c1-5-7-9-11-13-15-17-19-21-23-25-27-29-31-33-35-38(43-36(3)40)37(39(41)42-4)34-32-30-28-26-24-22-20-18-16-14-12-10-8-6-2/h19-22,37-38H,5-18,23-35H2,1-4H3/b21-19-,22-20-/t37-,38+/m1/s1. The van der Waals surface area contributed by atoms with Crippen LogP contribution in [0, 0.1) is 5.92 Å². The van der Waals surface area contributed by atoms with Crippen molar-refractivity contribution >= 4 is 11.9 Å². The van der Waals surface area contributed by atoms with E-state index in [1.165, 1.54) is 142 Å². The Balaban J connectivity index is 4.12. The third-order valence-electron chi connectivity index (χ3n) is 8.55. The molecule has 0 saturated carbocycles. The third-order valence-corrected chi connectivity index (χ3v) is 8.55. The van der Waals surface area contributed by atoms with Crippen LogP contribution in [0.15, 0.2) is 24.3 Å². The molecule has 0 aromatic rings. The van der Waals surface area contributed by atoms with Crippen molar-refractivity contribution in [1.29, 1.82) is 0 Å². The number of carbonyl (C=O) groups is 2. The first-order valence-corrected chi connectivity index (χ1v) is 18.6. The second-order valence-electron chi connectivity index (χ2n) is 12.7. The molecule has 0 aliphatic carbocycles. The fourth-order valence-electron chi connectivity index (χ4n) is 5.84. The van der Waals surface area contributed by atoms with E-state index in [0.29, 0.717) is 0 Å². The van der Waals surface area contributed by atoms with E-state index in [1.54, 1.807) is 0 Å². The Morgan fingerprint density at radius 3 is 1.23 bits per heavy atom. The van der Waals surface area contributed by atoms with Gasteiger partial charge in [0.15, 0.2) is 0 Å². The van der Waals surface area contributed by atoms with Crippen LogP contribution in [-0.4, -0.2) is 25.2 Å². The molecule has 0 aromatic carbocycles. The summed E-state index contributed by atoms with van der Waals surface area (Å²) in [5.41, 5.74) is 0. The van der Waals surface area contributed by atoms with Crippen LogP contribution in [0.4, 0.5) is 0 Å². The predicted molar refractivity (Wildman–Crippen MR) is 185 cm³/mol. The van der Waals surface area contributed by atoms with Crippen LogP contribution in [0.2, 0.25) is 0 Å². The van der Waals surface area contributed by atoms with Crippen molar-refractivity contribution in [2.75, 3.05) is 7.11 Å². The molecule has 0 saturated heterocycles. The van der Waals surface area contributed by atoms with Crippen LogP contribution in [0.1, 0.15) is 194 Å². The van der Waals surface area contributed by atoms with Crippen LogP contribution in [0.3, 0.4) is 0 Å². The number of ether oxygens (including phenoxy) is 2. The summed E-state index contributed by atoms with van der Waals surface area (Å²) in [5, 5.41) is 0. The van der Waals surface area contributed by atoms with Crippen LogP contribution in [-0.2, 0) is 19.1 Å². The van der Waals surface area contributed by atoms with Crippen LogP contribution in [0.25, 0.3) is 0 Å². The number of rotatable bonds is 32. The first kappa shape index (κ1) is 41.4. The molecule has 0 aliphatic heterocycles. The smallest absolute Gasteiger partial charge is 0.312 e. The largest absolute Gasteiger partial charge is 0.469 e. The topological polar surface area (TPSA) is 52.6 Å². The second-order valence-corrected chi connectivity index (χ2v) is 12.7. The monoisotopic (exact) mass is 605 g/mol. The van der Waals surface area contributed by atoms with Gasteiger partial charge in [0.1, 0.15) is 6.10 Å². The van der Waals surface area contributed by atoms with Gasteiger partial charge in [0, 0.05) is 6.92 Å². The van der Waals surface area contributed by atoms with Gasteiger partial charge in [-0.15, -0.1) is 0 Å². The summed E-state index contributed by atoms with van der Waals surface area (Å²) in [6, 6.07) is 0. The SMILES string of the molecule is CCCCCCCC/C=C\CCCCCCC[C@H](OC(C)=O)[C@@H](CCCCCC/C=C\CCCCCCCC)C(=O)OC. The highest BCUT2D eigenvalue weighted by atomic mass is 16.6. The number of hydrogen-bond acceptors (Lipinski definition) is 4. The number of allylic oxidation sites excluding steroid dienone is 4. The Hall–Kier alpha value is -1.58. The summed E-state index contributed by atoms with van der Waals surface area (Å²) < 4.78 is 10.8. The number of esters is 2. The first-order chi connectivity index (χ1) is 21.1. The Labute approximate surface area is 268 Å². The van der Waals surface area contributed by atoms with Gasteiger partial charge in [0.05, 0.1) is 13.0 Å². The molecule has 0 aromatic heterocycles.